The Morgan fingerprint density at radius 1 is 1.43 bits per heavy atom. The molecule has 1 amide bonds. The number of carbonyl (C=O) groups is 1. The van der Waals surface area contributed by atoms with Crippen LogP contribution in [0.25, 0.3) is 0 Å². The third kappa shape index (κ3) is 3.28. The minimum Gasteiger partial charge on any atom is -0.494 e. The number of ether oxygens (including phenoxy) is 2. The second-order valence-electron chi connectivity index (χ2n) is 5.66. The zero-order chi connectivity index (χ0) is 14.8. The van der Waals surface area contributed by atoms with Gasteiger partial charge in [0.25, 0.3) is 0 Å². The van der Waals surface area contributed by atoms with Crippen molar-refractivity contribution < 1.29 is 14.3 Å². The van der Waals surface area contributed by atoms with Crippen LogP contribution in [0.3, 0.4) is 0 Å². The van der Waals surface area contributed by atoms with Crippen LogP contribution in [0, 0.1) is 0 Å². The lowest BCUT2D eigenvalue weighted by molar-refractivity contribution is -0.119. The fourth-order valence-electron chi connectivity index (χ4n) is 3.03. The van der Waals surface area contributed by atoms with Gasteiger partial charge in [0.05, 0.1) is 31.5 Å². The zero-order valence-electron chi connectivity index (χ0n) is 12.2. The number of nitrogens with two attached hydrogens (primary N) is 1. The Bertz CT molecular complexity index is 523. The number of anilines is 2. The molecular formula is C15H21N3O3. The van der Waals surface area contributed by atoms with E-state index in [1.54, 1.807) is 25.3 Å². The maximum Gasteiger partial charge on any atom is 0.238 e. The van der Waals surface area contributed by atoms with Crippen molar-refractivity contribution in [3.63, 3.8) is 0 Å². The van der Waals surface area contributed by atoms with Crippen molar-refractivity contribution in [2.45, 2.75) is 25.0 Å². The molecule has 114 valence electrons. The van der Waals surface area contributed by atoms with Gasteiger partial charge in [-0.25, -0.2) is 0 Å². The Balaban J connectivity index is 1.59. The van der Waals surface area contributed by atoms with Crippen molar-refractivity contribution in [3.8, 4) is 5.75 Å². The molecule has 2 saturated heterocycles. The molecule has 21 heavy (non-hydrogen) atoms. The summed E-state index contributed by atoms with van der Waals surface area (Å²) in [5, 5.41) is 2.88. The molecule has 2 aliphatic rings. The number of hydrogen-bond donors (Lipinski definition) is 2. The zero-order valence-corrected chi connectivity index (χ0v) is 12.2. The summed E-state index contributed by atoms with van der Waals surface area (Å²) in [7, 11) is 1.56. The molecule has 3 rings (SSSR count). The lowest BCUT2D eigenvalue weighted by Gasteiger charge is -2.31. The highest BCUT2D eigenvalue weighted by Gasteiger charge is 2.34. The molecule has 2 fully saturated rings. The van der Waals surface area contributed by atoms with E-state index in [1.165, 1.54) is 0 Å². The Labute approximate surface area is 124 Å². The van der Waals surface area contributed by atoms with E-state index in [0.717, 1.165) is 25.9 Å². The lowest BCUT2D eigenvalue weighted by atomic mass is 10.2. The molecule has 2 unspecified atom stereocenters. The number of methoxy groups -OCH3 is 1. The summed E-state index contributed by atoms with van der Waals surface area (Å²) in [6.45, 7) is 2.05. The van der Waals surface area contributed by atoms with Gasteiger partial charge in [0.15, 0.2) is 0 Å². The SMILES string of the molecule is COc1cc(N)ccc1NC(=O)CN1CC2CCC(C1)O2. The highest BCUT2D eigenvalue weighted by atomic mass is 16.5. The molecule has 0 radical (unpaired) electrons. The van der Waals surface area contributed by atoms with Crippen LogP contribution in [0.2, 0.25) is 0 Å². The first kappa shape index (κ1) is 14.2. The van der Waals surface area contributed by atoms with Gasteiger partial charge >= 0.3 is 0 Å². The molecule has 3 N–H and O–H groups in total. The third-order valence-corrected chi connectivity index (χ3v) is 3.99. The Morgan fingerprint density at radius 2 is 2.14 bits per heavy atom. The number of likely N-dealkylation sites (tertiary alicyclic amines) is 1. The van der Waals surface area contributed by atoms with Crippen molar-refractivity contribution in [1.82, 2.24) is 4.90 Å². The number of benzene rings is 1. The summed E-state index contributed by atoms with van der Waals surface area (Å²) in [4.78, 5) is 14.3. The average Bonchev–Trinajstić information content (AvgIpc) is 2.80. The number of amides is 1. The van der Waals surface area contributed by atoms with Gasteiger partial charge in [-0.15, -0.1) is 0 Å². The molecule has 2 bridgehead atoms. The number of nitrogens with one attached hydrogen (secondary N) is 1. The number of morpholine rings is 1. The minimum absolute atomic E-state index is 0.0422. The quantitative estimate of drug-likeness (QED) is 0.812. The van der Waals surface area contributed by atoms with Crippen LogP contribution in [0.5, 0.6) is 5.75 Å². The number of rotatable bonds is 4. The van der Waals surface area contributed by atoms with Crippen LogP contribution < -0.4 is 15.8 Å². The van der Waals surface area contributed by atoms with Crippen molar-refractivity contribution in [3.05, 3.63) is 18.2 Å². The van der Waals surface area contributed by atoms with E-state index >= 15 is 0 Å². The molecular weight excluding hydrogens is 270 g/mol. The first-order valence-corrected chi connectivity index (χ1v) is 7.25. The van der Waals surface area contributed by atoms with E-state index in [2.05, 4.69) is 10.2 Å². The molecule has 6 heteroatoms. The lowest BCUT2D eigenvalue weighted by Crippen LogP contribution is -2.45. The van der Waals surface area contributed by atoms with Crippen molar-refractivity contribution in [1.29, 1.82) is 0 Å². The predicted octanol–water partition coefficient (Wildman–Crippen LogP) is 1.08. The fraction of sp³-hybridized carbons (Fsp3) is 0.533. The van der Waals surface area contributed by atoms with Crippen molar-refractivity contribution in [2.75, 3.05) is 37.8 Å². The molecule has 0 spiro atoms. The number of nitrogens with zero attached hydrogens (tertiary/aromatic N) is 1. The molecule has 1 aromatic carbocycles. The third-order valence-electron chi connectivity index (χ3n) is 3.99. The van der Waals surface area contributed by atoms with E-state index in [9.17, 15) is 4.79 Å². The number of hydrogen-bond acceptors (Lipinski definition) is 5. The standard InChI is InChI=1S/C15H21N3O3/c1-20-14-6-10(16)2-5-13(14)17-15(19)9-18-7-11-3-4-12(8-18)21-11/h2,5-6,11-12H,3-4,7-9,16H2,1H3,(H,17,19). The summed E-state index contributed by atoms with van der Waals surface area (Å²) in [5.41, 5.74) is 6.96. The van der Waals surface area contributed by atoms with E-state index in [-0.39, 0.29) is 5.91 Å². The Hall–Kier alpha value is -1.79. The summed E-state index contributed by atoms with van der Waals surface area (Å²) in [5.74, 6) is 0.532. The minimum atomic E-state index is -0.0422. The maximum atomic E-state index is 12.2. The fourth-order valence-corrected chi connectivity index (χ4v) is 3.03. The Kier molecular flexibility index (Phi) is 3.98. The summed E-state index contributed by atoms with van der Waals surface area (Å²) in [6, 6.07) is 5.20. The maximum absolute atomic E-state index is 12.2. The molecule has 0 aliphatic carbocycles. The number of fused-ring (bicyclic) bond motifs is 2. The van der Waals surface area contributed by atoms with Crippen LogP contribution in [-0.4, -0.2) is 49.8 Å². The molecule has 2 aliphatic heterocycles. The van der Waals surface area contributed by atoms with Gasteiger partial charge in [-0.2, -0.15) is 0 Å². The van der Waals surface area contributed by atoms with Crippen LogP contribution in [0.1, 0.15) is 12.8 Å². The topological polar surface area (TPSA) is 76.8 Å². The van der Waals surface area contributed by atoms with Gasteiger partial charge in [-0.3, -0.25) is 9.69 Å². The van der Waals surface area contributed by atoms with Gasteiger partial charge in [0.2, 0.25) is 5.91 Å². The molecule has 2 heterocycles. The van der Waals surface area contributed by atoms with Crippen molar-refractivity contribution >= 4 is 17.3 Å². The summed E-state index contributed by atoms with van der Waals surface area (Å²) >= 11 is 0. The predicted molar refractivity (Wildman–Crippen MR) is 80.4 cm³/mol. The largest absolute Gasteiger partial charge is 0.494 e. The normalized spacial score (nSPS) is 24.8. The number of nitrogen functional groups attached to an aromatic ring is 1. The van der Waals surface area contributed by atoms with Gasteiger partial charge in [-0.05, 0) is 25.0 Å². The van der Waals surface area contributed by atoms with E-state index in [1.807, 2.05) is 0 Å². The summed E-state index contributed by atoms with van der Waals surface area (Å²) in [6.07, 6.45) is 2.80. The summed E-state index contributed by atoms with van der Waals surface area (Å²) < 4.78 is 11.0. The molecule has 0 aromatic heterocycles. The molecule has 2 atom stereocenters. The first-order valence-electron chi connectivity index (χ1n) is 7.25. The monoisotopic (exact) mass is 291 g/mol. The van der Waals surface area contributed by atoms with Gasteiger partial charge < -0.3 is 20.5 Å². The molecule has 1 aromatic rings. The van der Waals surface area contributed by atoms with E-state index in [4.69, 9.17) is 15.2 Å². The van der Waals surface area contributed by atoms with Crippen molar-refractivity contribution in [2.24, 2.45) is 0 Å². The highest BCUT2D eigenvalue weighted by molar-refractivity contribution is 5.94. The second kappa shape index (κ2) is 5.91. The van der Waals surface area contributed by atoms with Crippen LogP contribution in [-0.2, 0) is 9.53 Å². The molecule has 0 saturated carbocycles. The Morgan fingerprint density at radius 3 is 2.81 bits per heavy atom. The highest BCUT2D eigenvalue weighted by Crippen LogP contribution is 2.28. The number of carbonyl (C=O) groups excluding carboxylic acids is 1. The average molecular weight is 291 g/mol. The van der Waals surface area contributed by atoms with Gasteiger partial charge in [0.1, 0.15) is 5.75 Å². The van der Waals surface area contributed by atoms with Crippen LogP contribution in [0.4, 0.5) is 11.4 Å². The van der Waals surface area contributed by atoms with Gasteiger partial charge in [0, 0.05) is 24.8 Å². The van der Waals surface area contributed by atoms with Gasteiger partial charge in [-0.1, -0.05) is 0 Å². The van der Waals surface area contributed by atoms with Crippen LogP contribution >= 0.6 is 0 Å². The molecule has 6 nitrogen and oxygen atoms in total. The first-order chi connectivity index (χ1) is 10.1. The van der Waals surface area contributed by atoms with E-state index < -0.39 is 0 Å². The second-order valence-corrected chi connectivity index (χ2v) is 5.66. The smallest absolute Gasteiger partial charge is 0.238 e. The van der Waals surface area contributed by atoms with Crippen LogP contribution in [0.15, 0.2) is 18.2 Å². The van der Waals surface area contributed by atoms with E-state index in [0.29, 0.717) is 35.9 Å².